The highest BCUT2D eigenvalue weighted by Crippen LogP contribution is 2.34. The van der Waals surface area contributed by atoms with E-state index >= 15 is 0 Å². The fraction of sp³-hybridized carbons (Fsp3) is 0.250. The Labute approximate surface area is 169 Å². The maximum atomic E-state index is 12.1. The number of anilines is 1. The zero-order chi connectivity index (χ0) is 20.4. The summed E-state index contributed by atoms with van der Waals surface area (Å²) in [6.45, 7) is 3.28. The molecule has 0 aromatic heterocycles. The molecule has 0 aliphatic carbocycles. The molecule has 8 nitrogen and oxygen atoms in total. The molecule has 2 aromatic carbocycles. The van der Waals surface area contributed by atoms with Gasteiger partial charge < -0.3 is 9.64 Å². The zero-order valence-corrected chi connectivity index (χ0v) is 16.6. The molecule has 0 saturated carbocycles. The van der Waals surface area contributed by atoms with Gasteiger partial charge in [0, 0.05) is 12.1 Å². The van der Waals surface area contributed by atoms with E-state index in [1.54, 1.807) is 37.5 Å². The van der Waals surface area contributed by atoms with E-state index < -0.39 is 10.0 Å². The van der Waals surface area contributed by atoms with Crippen molar-refractivity contribution < 1.29 is 13.2 Å². The molecule has 2 aliphatic heterocycles. The molecule has 0 radical (unpaired) electrons. The van der Waals surface area contributed by atoms with Crippen LogP contribution in [-0.2, 0) is 10.0 Å². The fourth-order valence-electron chi connectivity index (χ4n) is 3.25. The Bertz CT molecular complexity index is 1170. The molecule has 0 saturated heterocycles. The first-order chi connectivity index (χ1) is 14.0. The molecular formula is C20H19N5O3S. The van der Waals surface area contributed by atoms with Crippen LogP contribution in [0.4, 0.5) is 11.4 Å². The van der Waals surface area contributed by atoms with E-state index in [2.05, 4.69) is 14.7 Å². The minimum atomic E-state index is -3.52. The van der Waals surface area contributed by atoms with E-state index in [-0.39, 0.29) is 22.8 Å². The number of hydrogen-bond acceptors (Lipinski definition) is 7. The molecule has 148 valence electrons. The van der Waals surface area contributed by atoms with Gasteiger partial charge in [0.25, 0.3) is 0 Å². The number of aliphatic imine (C=N–C) groups is 2. The fourth-order valence-corrected chi connectivity index (χ4v) is 4.39. The van der Waals surface area contributed by atoms with Crippen LogP contribution in [-0.4, -0.2) is 44.3 Å². The number of nitrogens with zero attached hydrogens (tertiary/aromatic N) is 4. The van der Waals surface area contributed by atoms with Gasteiger partial charge in [0.15, 0.2) is 0 Å². The number of hydrogen-bond donors (Lipinski definition) is 1. The van der Waals surface area contributed by atoms with Crippen LogP contribution in [0.5, 0.6) is 11.5 Å². The number of rotatable bonds is 6. The smallest absolute Gasteiger partial charge is 0.232 e. The predicted molar refractivity (Wildman–Crippen MR) is 112 cm³/mol. The van der Waals surface area contributed by atoms with Crippen molar-refractivity contribution in [3.63, 3.8) is 0 Å². The van der Waals surface area contributed by atoms with E-state index in [9.17, 15) is 13.7 Å². The van der Waals surface area contributed by atoms with Gasteiger partial charge in [-0.25, -0.2) is 13.4 Å². The van der Waals surface area contributed by atoms with Gasteiger partial charge in [-0.2, -0.15) is 5.26 Å². The normalized spacial score (nSPS) is 14.6. The lowest BCUT2D eigenvalue weighted by Gasteiger charge is -2.21. The van der Waals surface area contributed by atoms with Crippen LogP contribution >= 0.6 is 0 Å². The summed E-state index contributed by atoms with van der Waals surface area (Å²) in [7, 11) is -3.52. The van der Waals surface area contributed by atoms with Crippen LogP contribution in [0.25, 0.3) is 0 Å². The lowest BCUT2D eigenvalue weighted by atomic mass is 10.1. The maximum Gasteiger partial charge on any atom is 0.232 e. The van der Waals surface area contributed by atoms with Gasteiger partial charge in [-0.3, -0.25) is 9.71 Å². The molecule has 2 heterocycles. The number of ether oxygens (including phenoxy) is 1. The van der Waals surface area contributed by atoms with Crippen LogP contribution in [0, 0.1) is 11.3 Å². The Balaban J connectivity index is 1.66. The molecule has 2 aromatic rings. The number of fused-ring (bicyclic) bond motifs is 3. The SMILES string of the molecule is CCCS(=O)(=O)Nc1cccc(Oc2ccc3c(c2)C2=NCCN2C=N3)c1C#N. The van der Waals surface area contributed by atoms with E-state index in [1.807, 2.05) is 23.1 Å². The molecule has 0 bridgehead atoms. The van der Waals surface area contributed by atoms with Crippen LogP contribution < -0.4 is 9.46 Å². The van der Waals surface area contributed by atoms with Gasteiger partial charge in [0.2, 0.25) is 10.0 Å². The van der Waals surface area contributed by atoms with Crippen molar-refractivity contribution >= 4 is 33.6 Å². The average Bonchev–Trinajstić information content (AvgIpc) is 3.17. The van der Waals surface area contributed by atoms with Crippen LogP contribution in [0.3, 0.4) is 0 Å². The van der Waals surface area contributed by atoms with Gasteiger partial charge in [-0.15, -0.1) is 0 Å². The summed E-state index contributed by atoms with van der Waals surface area (Å²) < 4.78 is 32.6. The molecule has 4 rings (SSSR count). The Kier molecular flexibility index (Phi) is 4.94. The number of nitrogens with one attached hydrogen (secondary N) is 1. The number of amidine groups is 1. The van der Waals surface area contributed by atoms with E-state index in [1.165, 1.54) is 0 Å². The van der Waals surface area contributed by atoms with Crippen molar-refractivity contribution in [3.8, 4) is 17.6 Å². The largest absolute Gasteiger partial charge is 0.456 e. The first-order valence-electron chi connectivity index (χ1n) is 9.22. The quantitative estimate of drug-likeness (QED) is 0.788. The minimum absolute atomic E-state index is 0.0209. The molecule has 29 heavy (non-hydrogen) atoms. The predicted octanol–water partition coefficient (Wildman–Crippen LogP) is 3.24. The lowest BCUT2D eigenvalue weighted by molar-refractivity contribution is 0.481. The second kappa shape index (κ2) is 7.56. The standard InChI is InChI=1S/C20H19N5O3S/c1-2-10-29(26,27)24-18-4-3-5-19(16(18)12-21)28-14-6-7-17-15(11-14)20-22-8-9-25(20)13-23-17/h3-7,11,13,24H,2,8-10H2,1H3. The lowest BCUT2D eigenvalue weighted by Crippen LogP contribution is -2.29. The van der Waals surface area contributed by atoms with Crippen LogP contribution in [0.1, 0.15) is 24.5 Å². The summed E-state index contributed by atoms with van der Waals surface area (Å²) >= 11 is 0. The molecule has 1 N–H and O–H groups in total. The Morgan fingerprint density at radius 2 is 2.17 bits per heavy atom. The molecule has 0 fully saturated rings. The monoisotopic (exact) mass is 409 g/mol. The summed E-state index contributed by atoms with van der Waals surface area (Å²) in [5.41, 5.74) is 1.99. The van der Waals surface area contributed by atoms with Gasteiger partial charge in [-0.05, 0) is 36.8 Å². The highest BCUT2D eigenvalue weighted by Gasteiger charge is 2.24. The molecule has 0 amide bonds. The van der Waals surface area contributed by atoms with Gasteiger partial charge in [0.05, 0.1) is 30.0 Å². The van der Waals surface area contributed by atoms with Crippen molar-refractivity contribution in [2.24, 2.45) is 9.98 Å². The summed E-state index contributed by atoms with van der Waals surface area (Å²) in [4.78, 5) is 10.9. The summed E-state index contributed by atoms with van der Waals surface area (Å²) in [6.07, 6.45) is 2.25. The second-order valence-corrected chi connectivity index (χ2v) is 8.48. The molecular weight excluding hydrogens is 390 g/mol. The van der Waals surface area contributed by atoms with Crippen molar-refractivity contribution in [1.82, 2.24) is 4.90 Å². The molecule has 0 unspecified atom stereocenters. The van der Waals surface area contributed by atoms with Gasteiger partial charge in [-0.1, -0.05) is 13.0 Å². The summed E-state index contributed by atoms with van der Waals surface area (Å²) in [5.74, 6) is 1.61. The van der Waals surface area contributed by atoms with Crippen LogP contribution in [0.15, 0.2) is 46.4 Å². The third kappa shape index (κ3) is 3.79. The molecule has 9 heteroatoms. The van der Waals surface area contributed by atoms with Crippen LogP contribution in [0.2, 0.25) is 0 Å². The van der Waals surface area contributed by atoms with Crippen molar-refractivity contribution in [2.75, 3.05) is 23.6 Å². The number of benzene rings is 2. The van der Waals surface area contributed by atoms with E-state index in [4.69, 9.17) is 4.74 Å². The van der Waals surface area contributed by atoms with Gasteiger partial charge >= 0.3 is 0 Å². The van der Waals surface area contributed by atoms with E-state index in [0.29, 0.717) is 18.7 Å². The first-order valence-corrected chi connectivity index (χ1v) is 10.9. The first kappa shape index (κ1) is 19.0. The minimum Gasteiger partial charge on any atom is -0.456 e. The highest BCUT2D eigenvalue weighted by atomic mass is 32.2. The molecule has 0 atom stereocenters. The summed E-state index contributed by atoms with van der Waals surface area (Å²) in [6, 6.07) is 12.3. The Morgan fingerprint density at radius 3 is 2.97 bits per heavy atom. The molecule has 0 spiro atoms. The third-order valence-electron chi connectivity index (χ3n) is 4.52. The van der Waals surface area contributed by atoms with Crippen molar-refractivity contribution in [2.45, 2.75) is 13.3 Å². The average molecular weight is 409 g/mol. The summed E-state index contributed by atoms with van der Waals surface area (Å²) in [5, 5.41) is 9.61. The third-order valence-corrected chi connectivity index (χ3v) is 6.00. The Morgan fingerprint density at radius 1 is 1.31 bits per heavy atom. The highest BCUT2D eigenvalue weighted by molar-refractivity contribution is 7.92. The topological polar surface area (TPSA) is 107 Å². The maximum absolute atomic E-state index is 12.1. The number of nitriles is 1. The zero-order valence-electron chi connectivity index (χ0n) is 15.8. The number of sulfonamides is 1. The van der Waals surface area contributed by atoms with Crippen molar-refractivity contribution in [3.05, 3.63) is 47.5 Å². The van der Waals surface area contributed by atoms with Crippen molar-refractivity contribution in [1.29, 1.82) is 5.26 Å². The van der Waals surface area contributed by atoms with Gasteiger partial charge in [0.1, 0.15) is 29.0 Å². The van der Waals surface area contributed by atoms with E-state index in [0.717, 1.165) is 23.6 Å². The molecule has 2 aliphatic rings. The Hall–Kier alpha value is -3.38. The second-order valence-electron chi connectivity index (χ2n) is 6.64.